The lowest BCUT2D eigenvalue weighted by Crippen LogP contribution is -2.07. The van der Waals surface area contributed by atoms with Crippen LogP contribution in [-0.4, -0.2) is 12.8 Å². The Kier molecular flexibility index (Phi) is 6.82. The molecule has 0 heterocycles. The second-order valence-electron chi connectivity index (χ2n) is 6.77. The van der Waals surface area contributed by atoms with Gasteiger partial charge < -0.3 is 14.2 Å². The van der Waals surface area contributed by atoms with Crippen LogP contribution in [0.25, 0.3) is 0 Å². The van der Waals surface area contributed by atoms with Crippen molar-refractivity contribution in [3.63, 3.8) is 0 Å². The highest BCUT2D eigenvalue weighted by molar-refractivity contribution is 5.90. The molecule has 0 unspecified atom stereocenters. The summed E-state index contributed by atoms with van der Waals surface area (Å²) in [6.45, 7) is 0.135. The molecule has 0 spiro atoms. The van der Waals surface area contributed by atoms with E-state index in [1.165, 1.54) is 0 Å². The zero-order chi connectivity index (χ0) is 22.0. The molecule has 4 heteroatoms. The molecular formula is C28H20O4. The van der Waals surface area contributed by atoms with Gasteiger partial charge >= 0.3 is 5.97 Å². The van der Waals surface area contributed by atoms with Crippen molar-refractivity contribution < 1.29 is 19.0 Å². The first-order valence-corrected chi connectivity index (χ1v) is 10.1. The minimum atomic E-state index is -0.388. The predicted octanol–water partition coefficient (Wildman–Crippen LogP) is 5.72. The third kappa shape index (κ3) is 6.01. The topological polar surface area (TPSA) is 44.8 Å². The molecule has 0 amide bonds. The summed E-state index contributed by atoms with van der Waals surface area (Å²) in [5.41, 5.74) is 2.19. The fraction of sp³-hybridized carbons (Fsp3) is 0.0357. The Bertz CT molecular complexity index is 1200. The fourth-order valence-electron chi connectivity index (χ4n) is 2.81. The van der Waals surface area contributed by atoms with E-state index in [-0.39, 0.29) is 12.8 Å². The van der Waals surface area contributed by atoms with E-state index in [1.54, 1.807) is 36.4 Å². The minimum absolute atomic E-state index is 0.135. The van der Waals surface area contributed by atoms with Gasteiger partial charge in [-0.25, -0.2) is 4.79 Å². The molecule has 0 N–H and O–H groups in total. The van der Waals surface area contributed by atoms with Crippen LogP contribution in [0.15, 0.2) is 109 Å². The summed E-state index contributed by atoms with van der Waals surface area (Å²) in [6.07, 6.45) is 0. The van der Waals surface area contributed by atoms with Crippen molar-refractivity contribution in [2.24, 2.45) is 0 Å². The number of ether oxygens (including phenoxy) is 3. The fourth-order valence-corrected chi connectivity index (χ4v) is 2.81. The Morgan fingerprint density at radius 3 is 1.59 bits per heavy atom. The number of para-hydroxylation sites is 1. The van der Waals surface area contributed by atoms with Crippen molar-refractivity contribution in [2.75, 3.05) is 6.79 Å². The van der Waals surface area contributed by atoms with Gasteiger partial charge in [0.1, 0.15) is 17.2 Å². The van der Waals surface area contributed by atoms with Gasteiger partial charge in [-0.1, -0.05) is 48.2 Å². The van der Waals surface area contributed by atoms with E-state index in [0.717, 1.165) is 16.9 Å². The average Bonchev–Trinajstić information content (AvgIpc) is 2.85. The Balaban J connectivity index is 1.29. The Hall–Kier alpha value is -4.49. The van der Waals surface area contributed by atoms with Gasteiger partial charge in [-0.2, -0.15) is 0 Å². The van der Waals surface area contributed by atoms with Crippen LogP contribution in [0.1, 0.15) is 21.5 Å². The van der Waals surface area contributed by atoms with Crippen molar-refractivity contribution in [1.29, 1.82) is 0 Å². The van der Waals surface area contributed by atoms with Crippen molar-refractivity contribution in [1.82, 2.24) is 0 Å². The summed E-state index contributed by atoms with van der Waals surface area (Å²) in [6, 6.07) is 33.0. The molecule has 4 nitrogen and oxygen atoms in total. The monoisotopic (exact) mass is 420 g/mol. The molecule has 4 rings (SSSR count). The molecule has 0 bridgehead atoms. The maximum Gasteiger partial charge on any atom is 0.343 e. The summed E-state index contributed by atoms with van der Waals surface area (Å²) in [5, 5.41) is 0. The van der Waals surface area contributed by atoms with Gasteiger partial charge in [-0.3, -0.25) is 0 Å². The first-order valence-electron chi connectivity index (χ1n) is 10.1. The Labute approximate surface area is 187 Å². The molecular weight excluding hydrogens is 400 g/mol. The Morgan fingerprint density at radius 2 is 1.03 bits per heavy atom. The zero-order valence-electron chi connectivity index (χ0n) is 17.2. The van der Waals surface area contributed by atoms with Crippen LogP contribution < -0.4 is 14.2 Å². The van der Waals surface area contributed by atoms with Crippen LogP contribution in [0, 0.1) is 11.8 Å². The SMILES string of the molecule is O=C(Oc1ccc(C#Cc2ccc(OCOc3ccccc3)cc2)cc1)c1ccccc1. The van der Waals surface area contributed by atoms with Crippen molar-refractivity contribution >= 4 is 5.97 Å². The largest absolute Gasteiger partial charge is 0.458 e. The lowest BCUT2D eigenvalue weighted by atomic mass is 10.1. The lowest BCUT2D eigenvalue weighted by molar-refractivity contribution is 0.0734. The third-order valence-corrected chi connectivity index (χ3v) is 4.47. The number of hydrogen-bond acceptors (Lipinski definition) is 4. The van der Waals surface area contributed by atoms with Gasteiger partial charge in [-0.15, -0.1) is 0 Å². The summed E-state index contributed by atoms with van der Waals surface area (Å²) in [4.78, 5) is 12.1. The highest BCUT2D eigenvalue weighted by Crippen LogP contribution is 2.15. The summed E-state index contributed by atoms with van der Waals surface area (Å²) in [7, 11) is 0. The molecule has 156 valence electrons. The summed E-state index contributed by atoms with van der Waals surface area (Å²) in [5.74, 6) is 7.77. The van der Waals surface area contributed by atoms with Crippen molar-refractivity contribution in [2.45, 2.75) is 0 Å². The van der Waals surface area contributed by atoms with Gasteiger partial charge in [0, 0.05) is 11.1 Å². The molecule has 0 fully saturated rings. The third-order valence-electron chi connectivity index (χ3n) is 4.47. The second-order valence-corrected chi connectivity index (χ2v) is 6.77. The van der Waals surface area contributed by atoms with Crippen LogP contribution in [0.2, 0.25) is 0 Å². The van der Waals surface area contributed by atoms with E-state index < -0.39 is 0 Å². The molecule has 0 aliphatic heterocycles. The molecule has 4 aromatic carbocycles. The second kappa shape index (κ2) is 10.5. The first kappa shape index (κ1) is 20.8. The van der Waals surface area contributed by atoms with Gasteiger partial charge in [0.25, 0.3) is 0 Å². The van der Waals surface area contributed by atoms with E-state index >= 15 is 0 Å². The minimum Gasteiger partial charge on any atom is -0.458 e. The number of carbonyl (C=O) groups excluding carboxylic acids is 1. The van der Waals surface area contributed by atoms with Crippen LogP contribution in [-0.2, 0) is 0 Å². The van der Waals surface area contributed by atoms with E-state index in [1.807, 2.05) is 72.8 Å². The lowest BCUT2D eigenvalue weighted by Gasteiger charge is -2.08. The van der Waals surface area contributed by atoms with Gasteiger partial charge in [0.05, 0.1) is 5.56 Å². The van der Waals surface area contributed by atoms with Gasteiger partial charge in [0.2, 0.25) is 6.79 Å². The number of rotatable bonds is 6. The van der Waals surface area contributed by atoms with Crippen LogP contribution in [0.4, 0.5) is 0 Å². The maximum absolute atomic E-state index is 12.1. The zero-order valence-corrected chi connectivity index (χ0v) is 17.2. The number of benzene rings is 4. The van der Waals surface area contributed by atoms with Crippen LogP contribution >= 0.6 is 0 Å². The molecule has 0 saturated heterocycles. The highest BCUT2D eigenvalue weighted by atomic mass is 16.7. The van der Waals surface area contributed by atoms with Crippen LogP contribution in [0.3, 0.4) is 0 Å². The summed E-state index contributed by atoms with van der Waals surface area (Å²) < 4.78 is 16.5. The number of carbonyl (C=O) groups is 1. The van der Waals surface area contributed by atoms with Crippen molar-refractivity contribution in [3.8, 4) is 29.1 Å². The molecule has 0 aromatic heterocycles. The smallest absolute Gasteiger partial charge is 0.343 e. The first-order chi connectivity index (χ1) is 15.8. The molecule has 0 aliphatic rings. The van der Waals surface area contributed by atoms with E-state index in [0.29, 0.717) is 17.1 Å². The van der Waals surface area contributed by atoms with Crippen molar-refractivity contribution in [3.05, 3.63) is 126 Å². The maximum atomic E-state index is 12.1. The number of esters is 1. The summed E-state index contributed by atoms with van der Waals surface area (Å²) >= 11 is 0. The average molecular weight is 420 g/mol. The molecule has 0 atom stereocenters. The normalized spacial score (nSPS) is 9.88. The quantitative estimate of drug-likeness (QED) is 0.173. The van der Waals surface area contributed by atoms with Gasteiger partial charge in [0.15, 0.2) is 0 Å². The molecule has 0 saturated carbocycles. The van der Waals surface area contributed by atoms with E-state index in [9.17, 15) is 4.79 Å². The molecule has 32 heavy (non-hydrogen) atoms. The van der Waals surface area contributed by atoms with Crippen LogP contribution in [0.5, 0.6) is 17.2 Å². The Morgan fingerprint density at radius 1 is 0.562 bits per heavy atom. The molecule has 0 radical (unpaired) electrons. The van der Waals surface area contributed by atoms with E-state index in [4.69, 9.17) is 14.2 Å². The molecule has 0 aliphatic carbocycles. The number of hydrogen-bond donors (Lipinski definition) is 0. The highest BCUT2D eigenvalue weighted by Gasteiger charge is 2.07. The van der Waals surface area contributed by atoms with E-state index in [2.05, 4.69) is 11.8 Å². The molecule has 4 aromatic rings. The standard InChI is InChI=1S/C28H20O4/c29-28(24-7-3-1-4-8-24)32-27-19-15-23(16-20-27)12-11-22-13-17-26(18-14-22)31-21-30-25-9-5-2-6-10-25/h1-10,13-20H,21H2. The van der Waals surface area contributed by atoms with Gasteiger partial charge in [-0.05, 0) is 72.8 Å². The predicted molar refractivity (Wildman–Crippen MR) is 123 cm³/mol.